The van der Waals surface area contributed by atoms with Crippen LogP contribution in [-0.2, 0) is 14.3 Å². The molecule has 6 N–H and O–H groups in total. The Morgan fingerprint density at radius 1 is 0.412 bits per heavy atom. The van der Waals surface area contributed by atoms with Crippen molar-refractivity contribution in [3.05, 3.63) is 97.2 Å². The number of hydrogen-bond acceptors (Lipinski definition) is 8. The SMILES string of the molecule is CC/C=C\C/C=C\C/C=C\C/C=C\C/C=C\C/C=C\C/C=C\CCCCCCCCCCCCCCCCCCCC(=O)NC(COC1OC(CO)C(O)C(O)C1O)C(O)/C=C/CCCCCCCCCCCCCCCCCCCCCCC. The van der Waals surface area contributed by atoms with E-state index in [1.807, 2.05) is 6.08 Å². The Kier molecular flexibility index (Phi) is 60.4. The Morgan fingerprint density at radius 3 is 1.08 bits per heavy atom. The van der Waals surface area contributed by atoms with Gasteiger partial charge in [-0.1, -0.05) is 336 Å². The van der Waals surface area contributed by atoms with Crippen LogP contribution in [0.4, 0.5) is 0 Å². The van der Waals surface area contributed by atoms with E-state index >= 15 is 0 Å². The van der Waals surface area contributed by atoms with Gasteiger partial charge in [0.2, 0.25) is 5.91 Å². The minimum absolute atomic E-state index is 0.174. The summed E-state index contributed by atoms with van der Waals surface area (Å²) >= 11 is 0. The maximum absolute atomic E-state index is 13.1. The summed E-state index contributed by atoms with van der Waals surface area (Å²) in [6.07, 6.45) is 86.5. The van der Waals surface area contributed by atoms with Crippen molar-refractivity contribution >= 4 is 5.91 Å². The minimum atomic E-state index is -1.57. The molecule has 1 amide bonds. The quantitative estimate of drug-likeness (QED) is 0.0261. The number of hydrogen-bond donors (Lipinski definition) is 6. The van der Waals surface area contributed by atoms with Crippen molar-refractivity contribution in [3.63, 3.8) is 0 Å². The molecular weight excluding hydrogens is 1050 g/mol. The average Bonchev–Trinajstić information content (AvgIpc) is 3.66. The molecule has 1 fully saturated rings. The van der Waals surface area contributed by atoms with Crippen molar-refractivity contribution in [3.8, 4) is 0 Å². The Hall–Kier alpha value is -2.89. The summed E-state index contributed by atoms with van der Waals surface area (Å²) < 4.78 is 11.3. The predicted molar refractivity (Wildman–Crippen MR) is 364 cm³/mol. The molecule has 0 bridgehead atoms. The van der Waals surface area contributed by atoms with Gasteiger partial charge in [-0.05, 0) is 77.0 Å². The molecule has 7 unspecified atom stereocenters. The van der Waals surface area contributed by atoms with Gasteiger partial charge in [0.15, 0.2) is 6.29 Å². The van der Waals surface area contributed by atoms with E-state index in [0.717, 1.165) is 83.5 Å². The molecule has 1 saturated heterocycles. The van der Waals surface area contributed by atoms with Gasteiger partial charge < -0.3 is 40.3 Å². The van der Waals surface area contributed by atoms with E-state index in [2.05, 4.69) is 104 Å². The summed E-state index contributed by atoms with van der Waals surface area (Å²) in [5.74, 6) is -0.174. The number of rotatable bonds is 62. The van der Waals surface area contributed by atoms with Gasteiger partial charge in [0.25, 0.3) is 0 Å². The number of aliphatic hydroxyl groups is 5. The first kappa shape index (κ1) is 80.1. The zero-order valence-electron chi connectivity index (χ0n) is 55.1. The first-order valence-electron chi connectivity index (χ1n) is 36.0. The highest BCUT2D eigenvalue weighted by Gasteiger charge is 2.44. The summed E-state index contributed by atoms with van der Waals surface area (Å²) in [5, 5.41) is 54.8. The zero-order chi connectivity index (χ0) is 61.4. The van der Waals surface area contributed by atoms with Crippen LogP contribution in [-0.4, -0.2) is 87.5 Å². The van der Waals surface area contributed by atoms with Crippen molar-refractivity contribution in [1.29, 1.82) is 0 Å². The Balaban J connectivity index is 2.10. The molecule has 0 aromatic carbocycles. The first-order valence-corrected chi connectivity index (χ1v) is 36.0. The van der Waals surface area contributed by atoms with Crippen molar-refractivity contribution in [2.75, 3.05) is 13.2 Å². The van der Waals surface area contributed by atoms with E-state index < -0.39 is 49.5 Å². The Morgan fingerprint density at radius 2 is 0.729 bits per heavy atom. The molecule has 0 saturated carbocycles. The second-order valence-corrected chi connectivity index (χ2v) is 24.7. The topological polar surface area (TPSA) is 149 Å². The van der Waals surface area contributed by atoms with Gasteiger partial charge in [-0.2, -0.15) is 0 Å². The lowest BCUT2D eigenvalue weighted by molar-refractivity contribution is -0.302. The number of amides is 1. The number of nitrogens with one attached hydrogen (secondary N) is 1. The van der Waals surface area contributed by atoms with Crippen LogP contribution in [0, 0.1) is 0 Å². The van der Waals surface area contributed by atoms with Gasteiger partial charge in [-0.15, -0.1) is 0 Å². The second-order valence-electron chi connectivity index (χ2n) is 24.7. The molecular formula is C76H135NO8. The van der Waals surface area contributed by atoms with Gasteiger partial charge >= 0.3 is 0 Å². The molecule has 1 aliphatic rings. The molecule has 9 nitrogen and oxygen atoms in total. The number of carbonyl (C=O) groups is 1. The Bertz CT molecular complexity index is 1670. The molecule has 9 heteroatoms. The highest BCUT2D eigenvalue weighted by atomic mass is 16.7. The summed E-state index contributed by atoms with van der Waals surface area (Å²) in [7, 11) is 0. The van der Waals surface area contributed by atoms with E-state index in [0.29, 0.717) is 6.42 Å². The normalized spacial score (nSPS) is 18.7. The fraction of sp³-hybridized carbons (Fsp3) is 0.776. The molecule has 0 aromatic rings. The number of ether oxygens (including phenoxy) is 2. The number of carbonyl (C=O) groups excluding carboxylic acids is 1. The fourth-order valence-corrected chi connectivity index (χ4v) is 11.1. The number of allylic oxidation sites excluding steroid dienone is 15. The summed E-state index contributed by atoms with van der Waals surface area (Å²) in [6.45, 7) is 3.70. The van der Waals surface area contributed by atoms with Crippen LogP contribution in [0.2, 0.25) is 0 Å². The smallest absolute Gasteiger partial charge is 0.220 e. The van der Waals surface area contributed by atoms with E-state index in [4.69, 9.17) is 9.47 Å². The lowest BCUT2D eigenvalue weighted by Gasteiger charge is -2.40. The lowest BCUT2D eigenvalue weighted by atomic mass is 9.99. The second kappa shape index (κ2) is 64.1. The summed E-state index contributed by atoms with van der Waals surface area (Å²) in [4.78, 5) is 13.1. The number of unbranched alkanes of at least 4 members (excludes halogenated alkanes) is 38. The molecule has 7 atom stereocenters. The predicted octanol–water partition coefficient (Wildman–Crippen LogP) is 19.9. The molecule has 0 radical (unpaired) electrons. The van der Waals surface area contributed by atoms with Crippen LogP contribution in [0.15, 0.2) is 97.2 Å². The third kappa shape index (κ3) is 52.7. The van der Waals surface area contributed by atoms with Gasteiger partial charge in [0.1, 0.15) is 24.4 Å². The van der Waals surface area contributed by atoms with Crippen molar-refractivity contribution < 1.29 is 39.8 Å². The monoisotopic (exact) mass is 1190 g/mol. The van der Waals surface area contributed by atoms with Crippen LogP contribution in [0.25, 0.3) is 0 Å². The van der Waals surface area contributed by atoms with E-state index in [1.54, 1.807) is 6.08 Å². The molecule has 1 rings (SSSR count). The van der Waals surface area contributed by atoms with Crippen LogP contribution in [0.3, 0.4) is 0 Å². The Labute approximate surface area is 523 Å². The third-order valence-electron chi connectivity index (χ3n) is 16.7. The van der Waals surface area contributed by atoms with Crippen LogP contribution < -0.4 is 5.32 Å². The molecule has 0 aliphatic carbocycles. The van der Waals surface area contributed by atoms with Gasteiger partial charge in [0, 0.05) is 6.42 Å². The molecule has 0 aromatic heterocycles. The average molecular weight is 1190 g/mol. The van der Waals surface area contributed by atoms with Crippen molar-refractivity contribution in [2.45, 2.75) is 365 Å². The molecule has 85 heavy (non-hydrogen) atoms. The molecule has 492 valence electrons. The maximum atomic E-state index is 13.1. The van der Waals surface area contributed by atoms with Gasteiger partial charge in [-0.25, -0.2) is 0 Å². The summed E-state index contributed by atoms with van der Waals surface area (Å²) in [5.41, 5.74) is 0. The largest absolute Gasteiger partial charge is 0.394 e. The van der Waals surface area contributed by atoms with Crippen LogP contribution >= 0.6 is 0 Å². The minimum Gasteiger partial charge on any atom is -0.394 e. The van der Waals surface area contributed by atoms with E-state index in [-0.39, 0.29) is 12.5 Å². The first-order chi connectivity index (χ1) is 41.8. The molecule has 1 heterocycles. The fourth-order valence-electron chi connectivity index (χ4n) is 11.1. The van der Waals surface area contributed by atoms with E-state index in [1.165, 1.54) is 218 Å². The number of aliphatic hydroxyl groups excluding tert-OH is 5. The standard InChI is InChI=1S/C76H135NO8/c1-3-5-7-9-11-13-15-17-19-21-23-25-27-28-29-30-31-32-33-34-35-36-37-38-39-40-41-42-44-46-48-50-52-54-56-58-60-62-64-66-72(80)77-69(68-84-76-75(83)74(82)73(81)71(67-78)85-76)70(79)65-63-61-59-57-55-53-51-49-47-45-43-26-24-22-20-18-16-14-12-10-8-6-4-2/h5,7,11,13,17,19,23,25,28-29,31-32,34-35,63,65,69-71,73-76,78-79,81-83H,3-4,6,8-10,12,14-16,18,20-22,24,26-27,30,33,36-62,64,66-68H2,1-2H3,(H,77,80)/b7-5-,13-11-,19-17-,25-23-,29-28-,32-31-,35-34-,65-63+. The third-order valence-corrected chi connectivity index (χ3v) is 16.7. The van der Waals surface area contributed by atoms with E-state index in [9.17, 15) is 30.3 Å². The van der Waals surface area contributed by atoms with Gasteiger partial charge in [-0.3, -0.25) is 4.79 Å². The maximum Gasteiger partial charge on any atom is 0.220 e. The highest BCUT2D eigenvalue weighted by Crippen LogP contribution is 2.23. The lowest BCUT2D eigenvalue weighted by Crippen LogP contribution is -2.60. The highest BCUT2D eigenvalue weighted by molar-refractivity contribution is 5.76. The molecule has 1 aliphatic heterocycles. The van der Waals surface area contributed by atoms with Crippen LogP contribution in [0.5, 0.6) is 0 Å². The van der Waals surface area contributed by atoms with Crippen molar-refractivity contribution in [2.24, 2.45) is 0 Å². The summed E-state index contributed by atoms with van der Waals surface area (Å²) in [6, 6.07) is -0.810. The van der Waals surface area contributed by atoms with Crippen molar-refractivity contribution in [1.82, 2.24) is 5.32 Å². The van der Waals surface area contributed by atoms with Gasteiger partial charge in [0.05, 0.1) is 25.4 Å². The van der Waals surface area contributed by atoms with Crippen LogP contribution in [0.1, 0.15) is 322 Å². The molecule has 0 spiro atoms. The zero-order valence-corrected chi connectivity index (χ0v) is 55.1.